The van der Waals surface area contributed by atoms with Gasteiger partial charge >= 0.3 is 0 Å². The Kier molecular flexibility index (Phi) is 5.80. The number of rotatable bonds is 2. The van der Waals surface area contributed by atoms with E-state index >= 15 is 0 Å². The number of benzene rings is 2. The van der Waals surface area contributed by atoms with Crippen molar-refractivity contribution in [2.24, 2.45) is 13.5 Å². The van der Waals surface area contributed by atoms with Crippen molar-refractivity contribution < 1.29 is 0 Å². The summed E-state index contributed by atoms with van der Waals surface area (Å²) in [6, 6.07) is 21.7. The molecule has 4 aliphatic rings. The van der Waals surface area contributed by atoms with Gasteiger partial charge in [-0.2, -0.15) is 4.52 Å². The van der Waals surface area contributed by atoms with Gasteiger partial charge in [0.05, 0.1) is 0 Å². The normalized spacial score (nSPS) is 32.5. The van der Waals surface area contributed by atoms with Crippen LogP contribution in [0.15, 0.2) is 74.2 Å². The highest BCUT2D eigenvalue weighted by Crippen LogP contribution is 2.77. The lowest BCUT2D eigenvalue weighted by Crippen LogP contribution is -2.39. The van der Waals surface area contributed by atoms with E-state index in [4.69, 9.17) is 13.5 Å². The zero-order valence-electron chi connectivity index (χ0n) is 18.4. The van der Waals surface area contributed by atoms with Crippen LogP contribution in [0.4, 0.5) is 0 Å². The summed E-state index contributed by atoms with van der Waals surface area (Å²) in [6.07, 6.45) is 4.73. The Morgan fingerprint density at radius 1 is 0.562 bits per heavy atom. The first-order chi connectivity index (χ1) is 15.7. The van der Waals surface area contributed by atoms with Crippen molar-refractivity contribution >= 4 is 32.8 Å². The molecule has 0 saturated carbocycles. The Labute approximate surface area is 191 Å². The van der Waals surface area contributed by atoms with Crippen molar-refractivity contribution in [2.45, 2.75) is 25.7 Å². The monoisotopic (exact) mass is 487 g/mol. The maximum atomic E-state index is 5.82. The molecule has 0 aromatic heterocycles. The van der Waals surface area contributed by atoms with Gasteiger partial charge in [0.15, 0.2) is 0 Å². The number of nitrogens with one attached hydrogen (secondary N) is 2. The molecular weight excluding hydrogens is 455 g/mol. The average molecular weight is 487 g/mol. The van der Waals surface area contributed by atoms with Crippen LogP contribution in [-0.4, -0.2) is 48.6 Å². The minimum Gasteiger partial charge on any atom is -0.253 e. The first-order valence-electron chi connectivity index (χ1n) is 11.8. The lowest BCUT2D eigenvalue weighted by molar-refractivity contribution is 0.372. The van der Waals surface area contributed by atoms with Crippen molar-refractivity contribution in [3.63, 3.8) is 0 Å². The van der Waals surface area contributed by atoms with Crippen molar-refractivity contribution in [3.8, 4) is 0 Å². The Bertz CT molecular complexity index is 1080. The van der Waals surface area contributed by atoms with Crippen molar-refractivity contribution in [3.05, 3.63) is 60.7 Å². The molecule has 2 bridgehead atoms. The zero-order chi connectivity index (χ0) is 21.5. The molecule has 2 aromatic carbocycles. The van der Waals surface area contributed by atoms with Gasteiger partial charge in [-0.1, -0.05) is 60.7 Å². The third-order valence-electron chi connectivity index (χ3n) is 6.70. The van der Waals surface area contributed by atoms with Crippen LogP contribution in [-0.2, 0) is 0 Å². The average Bonchev–Trinajstić information content (AvgIpc) is 2.89. The van der Waals surface area contributed by atoms with Gasteiger partial charge in [-0.25, -0.2) is 18.4 Å². The van der Waals surface area contributed by atoms with Gasteiger partial charge in [-0.15, -0.1) is 0 Å². The highest BCUT2D eigenvalue weighted by Gasteiger charge is 2.46. The number of hydrogen-bond donors (Lipinski definition) is 2. The quantitative estimate of drug-likeness (QED) is 0.583. The lowest BCUT2D eigenvalue weighted by Gasteiger charge is -2.46. The van der Waals surface area contributed by atoms with Crippen LogP contribution in [0.3, 0.4) is 0 Å². The third-order valence-corrected chi connectivity index (χ3v) is 18.5. The van der Waals surface area contributed by atoms with Gasteiger partial charge < -0.3 is 0 Å². The van der Waals surface area contributed by atoms with Gasteiger partial charge in [-0.3, -0.25) is 10.2 Å². The summed E-state index contributed by atoms with van der Waals surface area (Å²) in [7, 11) is -6.91. The first kappa shape index (κ1) is 21.5. The fraction of sp³-hybridized carbons (Fsp3) is 0.455. The van der Waals surface area contributed by atoms with Crippen LogP contribution in [0.5, 0.6) is 0 Å². The molecule has 2 atom stereocenters. The Balaban J connectivity index is 1.74. The van der Waals surface area contributed by atoms with Crippen LogP contribution in [0, 0.1) is 0 Å². The Hall–Kier alpha value is -1.03. The largest absolute Gasteiger partial charge is 0.253 e. The molecule has 2 N–H and O–H groups in total. The van der Waals surface area contributed by atoms with Crippen molar-refractivity contribution in [2.75, 3.05) is 39.3 Å². The van der Waals surface area contributed by atoms with E-state index in [2.05, 4.69) is 80.2 Å². The second-order valence-corrected chi connectivity index (χ2v) is 17.2. The highest BCUT2D eigenvalue weighted by molar-refractivity contribution is 7.91. The molecule has 2 spiro atoms. The molecule has 0 radical (unpaired) electrons. The molecule has 4 heterocycles. The summed E-state index contributed by atoms with van der Waals surface area (Å²) in [4.78, 5) is 0. The SMILES string of the molecule is c1ccc(P2(c3ccccc3)=NP34=NP5(=N2)NCCCN5CCCCN3CCCN4)cc1. The number of hydrogen-bond acceptors (Lipinski definition) is 7. The molecule has 4 aliphatic heterocycles. The molecule has 170 valence electrons. The zero-order valence-corrected chi connectivity index (χ0v) is 21.1. The van der Waals surface area contributed by atoms with Gasteiger partial charge in [0, 0.05) is 49.9 Å². The fourth-order valence-corrected chi connectivity index (χ4v) is 19.7. The van der Waals surface area contributed by atoms with Crippen LogP contribution >= 0.6 is 22.2 Å². The second-order valence-electron chi connectivity index (χ2n) is 8.82. The minimum absolute atomic E-state index is 0.987. The van der Waals surface area contributed by atoms with Crippen molar-refractivity contribution in [1.29, 1.82) is 0 Å². The molecule has 0 amide bonds. The summed E-state index contributed by atoms with van der Waals surface area (Å²) in [5.41, 5.74) is 0. The number of nitrogens with zero attached hydrogens (tertiary/aromatic N) is 5. The van der Waals surface area contributed by atoms with Gasteiger partial charge in [-0.05, 0) is 25.7 Å². The molecular formula is C22H32N7P3. The molecule has 2 fully saturated rings. The highest BCUT2D eigenvalue weighted by atomic mass is 31.3. The predicted molar refractivity (Wildman–Crippen MR) is 138 cm³/mol. The van der Waals surface area contributed by atoms with E-state index in [0.717, 1.165) is 52.1 Å². The summed E-state index contributed by atoms with van der Waals surface area (Å²) in [5.74, 6) is 0. The molecule has 7 nitrogen and oxygen atoms in total. The third kappa shape index (κ3) is 3.54. The van der Waals surface area contributed by atoms with E-state index in [0.29, 0.717) is 0 Å². The van der Waals surface area contributed by atoms with Crippen molar-refractivity contribution in [1.82, 2.24) is 19.5 Å². The molecule has 2 saturated heterocycles. The van der Waals surface area contributed by atoms with Crippen LogP contribution in [0.25, 0.3) is 0 Å². The topological polar surface area (TPSA) is 67.6 Å². The van der Waals surface area contributed by atoms with Gasteiger partial charge in [0.25, 0.3) is 0 Å². The van der Waals surface area contributed by atoms with Gasteiger partial charge in [0.1, 0.15) is 7.21 Å². The Morgan fingerprint density at radius 2 is 1.03 bits per heavy atom. The maximum Gasteiger partial charge on any atom is 0.217 e. The van der Waals surface area contributed by atoms with Crippen LogP contribution in [0.2, 0.25) is 0 Å². The molecule has 32 heavy (non-hydrogen) atoms. The smallest absolute Gasteiger partial charge is 0.217 e. The summed E-state index contributed by atoms with van der Waals surface area (Å²) >= 11 is 0. The predicted octanol–water partition coefficient (Wildman–Crippen LogP) is 5.04. The van der Waals surface area contributed by atoms with E-state index in [-0.39, 0.29) is 0 Å². The fourth-order valence-electron chi connectivity index (χ4n) is 5.12. The molecule has 2 unspecified atom stereocenters. The minimum atomic E-state index is -2.39. The molecule has 0 aliphatic carbocycles. The van der Waals surface area contributed by atoms with E-state index < -0.39 is 22.2 Å². The first-order valence-corrected chi connectivity index (χ1v) is 16.8. The maximum absolute atomic E-state index is 5.82. The molecule has 10 heteroatoms. The molecule has 2 aromatic rings. The second kappa shape index (κ2) is 8.64. The van der Waals surface area contributed by atoms with E-state index in [1.54, 1.807) is 0 Å². The molecule has 6 rings (SSSR count). The summed E-state index contributed by atoms with van der Waals surface area (Å²) < 4.78 is 22.6. The van der Waals surface area contributed by atoms with Crippen LogP contribution < -0.4 is 20.8 Å². The van der Waals surface area contributed by atoms with E-state index in [1.807, 2.05) is 0 Å². The standard InChI is InChI=1S/C22H32N7P3/c1-3-11-21(12-4-1)30(22-13-5-2-6-14-22)25-31-23-15-9-19-28(31)17-7-8-18-29-20-10-16-24-32(29,26-30)27-31/h1-6,11-14,23-24H,7-10,15-20H2. The van der Waals surface area contributed by atoms with E-state index in [1.165, 1.54) is 23.5 Å². The Morgan fingerprint density at radius 3 is 1.56 bits per heavy atom. The van der Waals surface area contributed by atoms with E-state index in [9.17, 15) is 0 Å². The van der Waals surface area contributed by atoms with Crippen LogP contribution in [0.1, 0.15) is 25.7 Å². The van der Waals surface area contributed by atoms with Gasteiger partial charge in [0.2, 0.25) is 15.0 Å². The summed E-state index contributed by atoms with van der Waals surface area (Å²) in [5, 5.41) is 10.3. The lowest BCUT2D eigenvalue weighted by atomic mass is 10.3. The summed E-state index contributed by atoms with van der Waals surface area (Å²) in [6.45, 7) is 6.28.